The molecule has 0 bridgehead atoms. The molecule has 3 aliphatic carbocycles. The maximum absolute atomic E-state index is 14.3. The third-order valence-corrected chi connectivity index (χ3v) is 10.2. The van der Waals surface area contributed by atoms with Crippen LogP contribution in [0, 0.1) is 22.7 Å². The third-order valence-electron chi connectivity index (χ3n) is 10.2. The number of halogens is 7. The average Bonchev–Trinajstić information content (AvgIpc) is 3.16. The molecular weight excluding hydrogens is 553 g/mol. The summed E-state index contributed by atoms with van der Waals surface area (Å²) in [5, 5.41) is 30.5. The standard InChI is InChI=1S/C31H45F7O3/c1-19-21(16-22(39)17-24(19)32)10-9-20-8-6-15-28(5)23(20)11-12-25(28)27(4,14-7-13-26(2,3)40)18-29(41,30(33,34)35)31(36,37)38/h9-10,22-25,39-41H,1,6-8,11-18H2,2-5H3/b20-9+,21-10-/t22?,23?,24-,25+,27+,28-/m0/s1. The Hall–Kier alpha value is -1.39. The molecule has 0 spiro atoms. The van der Waals surface area contributed by atoms with E-state index in [9.17, 15) is 46.1 Å². The molecule has 3 saturated carbocycles. The van der Waals surface area contributed by atoms with Gasteiger partial charge in [-0.05, 0) is 105 Å². The summed E-state index contributed by atoms with van der Waals surface area (Å²) < 4.78 is 97.7. The molecule has 3 nitrogen and oxygen atoms in total. The van der Waals surface area contributed by atoms with Gasteiger partial charge in [-0.1, -0.05) is 44.6 Å². The van der Waals surface area contributed by atoms with Gasteiger partial charge in [-0.3, -0.25) is 0 Å². The highest BCUT2D eigenvalue weighted by Crippen LogP contribution is 2.65. The lowest BCUT2D eigenvalue weighted by Crippen LogP contribution is -2.60. The Balaban J connectivity index is 1.99. The quantitative estimate of drug-likeness (QED) is 0.246. The van der Waals surface area contributed by atoms with Crippen LogP contribution in [0.4, 0.5) is 30.7 Å². The van der Waals surface area contributed by atoms with Crippen LogP contribution in [0.25, 0.3) is 0 Å². The normalized spacial score (nSPS) is 33.8. The van der Waals surface area contributed by atoms with Crippen molar-refractivity contribution < 1.29 is 46.1 Å². The lowest BCUT2D eigenvalue weighted by molar-refractivity contribution is -0.378. The zero-order valence-electron chi connectivity index (χ0n) is 24.4. The highest BCUT2D eigenvalue weighted by atomic mass is 19.4. The predicted molar refractivity (Wildman–Crippen MR) is 144 cm³/mol. The highest BCUT2D eigenvalue weighted by molar-refractivity contribution is 5.39. The molecule has 236 valence electrons. The fourth-order valence-electron chi connectivity index (χ4n) is 8.07. The van der Waals surface area contributed by atoms with Crippen molar-refractivity contribution >= 4 is 0 Å². The van der Waals surface area contributed by atoms with Gasteiger partial charge in [0.1, 0.15) is 6.17 Å². The van der Waals surface area contributed by atoms with Crippen molar-refractivity contribution in [2.45, 2.75) is 134 Å². The van der Waals surface area contributed by atoms with Crippen LogP contribution in [-0.2, 0) is 0 Å². The van der Waals surface area contributed by atoms with Crippen molar-refractivity contribution in [1.82, 2.24) is 0 Å². The van der Waals surface area contributed by atoms with Crippen LogP contribution in [0.3, 0.4) is 0 Å². The third kappa shape index (κ3) is 7.06. The average molecular weight is 599 g/mol. The Labute approximate surface area is 238 Å². The highest BCUT2D eigenvalue weighted by Gasteiger charge is 2.72. The second-order valence-electron chi connectivity index (χ2n) is 13.9. The number of rotatable bonds is 8. The van der Waals surface area contributed by atoms with E-state index in [1.54, 1.807) is 6.08 Å². The SMILES string of the molecule is C=C1/C(=C\C=C2/CCC[C@@]3(C)C2CC[C@@H]3[C@](C)(CCCC(C)(C)O)CC(O)(C(F)(F)F)C(F)(F)F)CC(O)C[C@@H]1F. The van der Waals surface area contributed by atoms with Gasteiger partial charge < -0.3 is 15.3 Å². The first-order valence-electron chi connectivity index (χ1n) is 14.5. The number of aliphatic hydroxyl groups excluding tert-OH is 1. The van der Waals surface area contributed by atoms with E-state index >= 15 is 0 Å². The zero-order chi connectivity index (χ0) is 31.2. The summed E-state index contributed by atoms with van der Waals surface area (Å²) in [5.74, 6) is -0.643. The summed E-state index contributed by atoms with van der Waals surface area (Å²) >= 11 is 0. The smallest absolute Gasteiger partial charge is 0.393 e. The van der Waals surface area contributed by atoms with Gasteiger partial charge >= 0.3 is 12.4 Å². The van der Waals surface area contributed by atoms with Gasteiger partial charge in [0.15, 0.2) is 0 Å². The maximum Gasteiger partial charge on any atom is 0.426 e. The molecular formula is C31H45F7O3. The minimum Gasteiger partial charge on any atom is -0.393 e. The van der Waals surface area contributed by atoms with Crippen molar-refractivity contribution in [2.75, 3.05) is 0 Å². The lowest BCUT2D eigenvalue weighted by Gasteiger charge is -2.51. The molecule has 0 saturated heterocycles. The fraction of sp³-hybridized carbons (Fsp3) is 0.806. The second kappa shape index (κ2) is 11.6. The molecule has 3 N–H and O–H groups in total. The van der Waals surface area contributed by atoms with Gasteiger partial charge in [0.2, 0.25) is 0 Å². The van der Waals surface area contributed by atoms with E-state index in [1.807, 2.05) is 13.0 Å². The largest absolute Gasteiger partial charge is 0.426 e. The van der Waals surface area contributed by atoms with Crippen LogP contribution in [0.1, 0.15) is 98.3 Å². The maximum atomic E-state index is 14.3. The Kier molecular flexibility index (Phi) is 9.65. The lowest BCUT2D eigenvalue weighted by atomic mass is 9.54. The Bertz CT molecular complexity index is 1010. The molecule has 6 atom stereocenters. The summed E-state index contributed by atoms with van der Waals surface area (Å²) in [7, 11) is 0. The molecule has 0 amide bonds. The monoisotopic (exact) mass is 598 g/mol. The molecule has 0 aromatic carbocycles. The number of hydrogen-bond donors (Lipinski definition) is 3. The van der Waals surface area contributed by atoms with Gasteiger partial charge in [0.05, 0.1) is 11.7 Å². The molecule has 0 heterocycles. The van der Waals surface area contributed by atoms with Crippen molar-refractivity contribution in [3.8, 4) is 0 Å². The topological polar surface area (TPSA) is 60.7 Å². The van der Waals surface area contributed by atoms with Gasteiger partial charge in [-0.15, -0.1) is 0 Å². The summed E-state index contributed by atoms with van der Waals surface area (Å²) in [4.78, 5) is 0. The molecule has 3 rings (SSSR count). The molecule has 3 aliphatic rings. The van der Waals surface area contributed by atoms with Crippen molar-refractivity contribution in [2.24, 2.45) is 22.7 Å². The van der Waals surface area contributed by atoms with Gasteiger partial charge in [0, 0.05) is 6.42 Å². The van der Waals surface area contributed by atoms with Crippen LogP contribution < -0.4 is 0 Å². The number of hydrogen-bond acceptors (Lipinski definition) is 3. The van der Waals surface area contributed by atoms with Crippen LogP contribution >= 0.6 is 0 Å². The molecule has 41 heavy (non-hydrogen) atoms. The summed E-state index contributed by atoms with van der Waals surface area (Å²) in [6, 6.07) is 0. The van der Waals surface area contributed by atoms with E-state index in [0.29, 0.717) is 43.3 Å². The second-order valence-corrected chi connectivity index (χ2v) is 13.9. The van der Waals surface area contributed by atoms with Crippen LogP contribution in [-0.4, -0.2) is 51.1 Å². The number of fused-ring (bicyclic) bond motifs is 1. The van der Waals surface area contributed by atoms with Crippen molar-refractivity contribution in [1.29, 1.82) is 0 Å². The summed E-state index contributed by atoms with van der Waals surface area (Å²) in [6.45, 7) is 10.3. The van der Waals surface area contributed by atoms with E-state index in [-0.39, 0.29) is 38.0 Å². The predicted octanol–water partition coefficient (Wildman–Crippen LogP) is 8.30. The number of aliphatic hydroxyl groups is 3. The van der Waals surface area contributed by atoms with Gasteiger partial charge in [-0.25, -0.2) is 4.39 Å². The molecule has 0 aromatic heterocycles. The number of alkyl halides is 7. The van der Waals surface area contributed by atoms with E-state index < -0.39 is 59.0 Å². The Morgan fingerprint density at radius 1 is 0.976 bits per heavy atom. The molecule has 3 fully saturated rings. The minimum atomic E-state index is -5.91. The first-order valence-corrected chi connectivity index (χ1v) is 14.5. The summed E-state index contributed by atoms with van der Waals surface area (Å²) in [5.41, 5.74) is -6.22. The van der Waals surface area contributed by atoms with Crippen LogP contribution in [0.5, 0.6) is 0 Å². The molecule has 10 heteroatoms. The first-order chi connectivity index (χ1) is 18.5. The molecule has 2 unspecified atom stereocenters. The van der Waals surface area contributed by atoms with E-state index in [4.69, 9.17) is 0 Å². The molecule has 0 aromatic rings. The van der Waals surface area contributed by atoms with Gasteiger partial charge in [0.25, 0.3) is 5.60 Å². The van der Waals surface area contributed by atoms with Crippen LogP contribution in [0.2, 0.25) is 0 Å². The van der Waals surface area contributed by atoms with Crippen LogP contribution in [0.15, 0.2) is 35.5 Å². The minimum absolute atomic E-state index is 0.0105. The van der Waals surface area contributed by atoms with Gasteiger partial charge in [-0.2, -0.15) is 26.3 Å². The molecule has 0 aliphatic heterocycles. The zero-order valence-corrected chi connectivity index (χ0v) is 24.4. The van der Waals surface area contributed by atoms with Crippen molar-refractivity contribution in [3.63, 3.8) is 0 Å². The van der Waals surface area contributed by atoms with E-state index in [0.717, 1.165) is 5.57 Å². The number of allylic oxidation sites excluding steroid dienone is 4. The summed E-state index contributed by atoms with van der Waals surface area (Å²) in [6.07, 6.45) is -8.26. The van der Waals surface area contributed by atoms with Crippen molar-refractivity contribution in [3.05, 3.63) is 35.5 Å². The molecule has 0 radical (unpaired) electrons. The Morgan fingerprint density at radius 2 is 1.59 bits per heavy atom. The fourth-order valence-corrected chi connectivity index (χ4v) is 8.07. The first kappa shape index (κ1) is 34.1. The Morgan fingerprint density at radius 3 is 2.15 bits per heavy atom. The van der Waals surface area contributed by atoms with E-state index in [1.165, 1.54) is 20.8 Å². The van der Waals surface area contributed by atoms with E-state index in [2.05, 4.69) is 6.58 Å².